The van der Waals surface area contributed by atoms with Crippen LogP contribution in [-0.4, -0.2) is 51.8 Å². The summed E-state index contributed by atoms with van der Waals surface area (Å²) < 4.78 is 1.64. The van der Waals surface area contributed by atoms with Crippen molar-refractivity contribution in [3.8, 4) is 5.69 Å². The molecule has 1 aliphatic heterocycles. The van der Waals surface area contributed by atoms with E-state index in [1.54, 1.807) is 10.6 Å². The molecule has 3 aromatic rings. The number of aromatic nitrogens is 2. The minimum absolute atomic E-state index is 0.0104. The molecule has 1 fully saturated rings. The van der Waals surface area contributed by atoms with Crippen LogP contribution >= 0.6 is 11.8 Å². The number of hydrogen-bond acceptors (Lipinski definition) is 5. The summed E-state index contributed by atoms with van der Waals surface area (Å²) in [5.41, 5.74) is 2.58. The molecule has 1 aromatic heterocycles. The van der Waals surface area contributed by atoms with Crippen LogP contribution in [0.15, 0.2) is 58.5 Å². The summed E-state index contributed by atoms with van der Waals surface area (Å²) in [5.74, 6) is 0.219. The van der Waals surface area contributed by atoms with E-state index in [2.05, 4.69) is 36.2 Å². The summed E-state index contributed by atoms with van der Waals surface area (Å²) in [6.07, 6.45) is 5.28. The molecular formula is C27H34N4O2S. The Morgan fingerprint density at radius 1 is 1.09 bits per heavy atom. The second kappa shape index (κ2) is 11.7. The first-order valence-electron chi connectivity index (χ1n) is 12.3. The van der Waals surface area contributed by atoms with Crippen LogP contribution in [0.2, 0.25) is 0 Å². The highest BCUT2D eigenvalue weighted by Gasteiger charge is 2.20. The number of nitrogens with one attached hydrogen (secondary N) is 1. The van der Waals surface area contributed by atoms with Gasteiger partial charge in [-0.3, -0.25) is 14.2 Å². The van der Waals surface area contributed by atoms with E-state index in [4.69, 9.17) is 4.98 Å². The molecule has 0 unspecified atom stereocenters. The maximum absolute atomic E-state index is 13.4. The van der Waals surface area contributed by atoms with Gasteiger partial charge in [-0.1, -0.05) is 56.3 Å². The number of piperidine rings is 1. The van der Waals surface area contributed by atoms with Crippen LogP contribution in [0.1, 0.15) is 45.1 Å². The van der Waals surface area contributed by atoms with E-state index in [1.165, 1.54) is 17.3 Å². The van der Waals surface area contributed by atoms with Gasteiger partial charge in [0.15, 0.2) is 5.16 Å². The van der Waals surface area contributed by atoms with Crippen LogP contribution in [0.5, 0.6) is 0 Å². The number of carbonyl (C=O) groups excluding carboxylic acids is 1. The number of para-hydroxylation sites is 1. The molecule has 0 atom stereocenters. The average Bonchev–Trinajstić information content (AvgIpc) is 2.87. The minimum atomic E-state index is -0.109. The third kappa shape index (κ3) is 5.88. The average molecular weight is 479 g/mol. The highest BCUT2D eigenvalue weighted by molar-refractivity contribution is 7.99. The number of nitrogens with zero attached hydrogens (tertiary/aromatic N) is 3. The number of benzene rings is 2. The van der Waals surface area contributed by atoms with Gasteiger partial charge in [0.2, 0.25) is 5.91 Å². The van der Waals surface area contributed by atoms with Crippen molar-refractivity contribution in [2.75, 3.05) is 25.4 Å². The van der Waals surface area contributed by atoms with Crippen LogP contribution in [0.4, 0.5) is 0 Å². The molecule has 1 saturated heterocycles. The number of unbranched alkanes of at least 4 members (excludes halogenated alkanes) is 1. The molecule has 2 heterocycles. The van der Waals surface area contributed by atoms with Gasteiger partial charge >= 0.3 is 0 Å². The van der Waals surface area contributed by atoms with E-state index in [-0.39, 0.29) is 23.3 Å². The topological polar surface area (TPSA) is 67.2 Å². The molecule has 1 aliphatic rings. The molecule has 0 saturated carbocycles. The second-order valence-electron chi connectivity index (χ2n) is 8.89. The first-order chi connectivity index (χ1) is 16.6. The molecule has 0 bridgehead atoms. The van der Waals surface area contributed by atoms with Gasteiger partial charge in [-0.25, -0.2) is 4.98 Å². The van der Waals surface area contributed by atoms with Crippen LogP contribution in [0, 0.1) is 0 Å². The van der Waals surface area contributed by atoms with Gasteiger partial charge in [-0.05, 0) is 62.1 Å². The largest absolute Gasteiger partial charge is 0.353 e. The highest BCUT2D eigenvalue weighted by atomic mass is 32.2. The smallest absolute Gasteiger partial charge is 0.266 e. The summed E-state index contributed by atoms with van der Waals surface area (Å²) in [5, 5.41) is 4.29. The molecule has 2 aromatic carbocycles. The fourth-order valence-corrected chi connectivity index (χ4v) is 5.25. The van der Waals surface area contributed by atoms with E-state index >= 15 is 0 Å². The Bertz CT molecular complexity index is 1170. The van der Waals surface area contributed by atoms with Gasteiger partial charge < -0.3 is 10.2 Å². The summed E-state index contributed by atoms with van der Waals surface area (Å²) in [6, 6.07) is 15.7. The van der Waals surface area contributed by atoms with Crippen molar-refractivity contribution in [2.24, 2.45) is 0 Å². The summed E-state index contributed by atoms with van der Waals surface area (Å²) in [7, 11) is 0. The number of aryl methyl sites for hydroxylation is 1. The Labute approximate surface area is 205 Å². The molecule has 0 aliphatic carbocycles. The van der Waals surface area contributed by atoms with Crippen LogP contribution in [0.25, 0.3) is 16.6 Å². The summed E-state index contributed by atoms with van der Waals surface area (Å²) >= 11 is 1.32. The van der Waals surface area contributed by atoms with Gasteiger partial charge in [0.1, 0.15) is 0 Å². The van der Waals surface area contributed by atoms with Crippen LogP contribution in [0.3, 0.4) is 0 Å². The predicted octanol–water partition coefficient (Wildman–Crippen LogP) is 4.42. The van der Waals surface area contributed by atoms with E-state index in [0.29, 0.717) is 16.1 Å². The third-order valence-electron chi connectivity index (χ3n) is 6.49. The Hall–Kier alpha value is -2.64. The molecular weight excluding hydrogens is 444 g/mol. The fraction of sp³-hybridized carbons (Fsp3) is 0.444. The Morgan fingerprint density at radius 3 is 2.53 bits per heavy atom. The number of amides is 1. The number of fused-ring (bicyclic) bond motifs is 1. The SMILES string of the molecule is CCCCc1ccc(-n2c(SCC(=O)NC3CCN(CC)CC3)nc3ccccc3c2=O)cc1. The van der Waals surface area contributed by atoms with Gasteiger partial charge in [-0.2, -0.15) is 0 Å². The Kier molecular flexibility index (Phi) is 8.40. The second-order valence-corrected chi connectivity index (χ2v) is 9.83. The molecule has 1 amide bonds. The molecule has 6 nitrogen and oxygen atoms in total. The lowest BCUT2D eigenvalue weighted by Gasteiger charge is -2.31. The quantitative estimate of drug-likeness (QED) is 0.364. The predicted molar refractivity (Wildman–Crippen MR) is 140 cm³/mol. The molecule has 34 heavy (non-hydrogen) atoms. The first kappa shape index (κ1) is 24.5. The molecule has 4 rings (SSSR count). The van der Waals surface area contributed by atoms with Gasteiger partial charge in [0.05, 0.1) is 22.3 Å². The number of thioether (sulfide) groups is 1. The van der Waals surface area contributed by atoms with Crippen molar-refractivity contribution >= 4 is 28.6 Å². The molecule has 180 valence electrons. The van der Waals surface area contributed by atoms with Crippen molar-refractivity contribution in [3.63, 3.8) is 0 Å². The van der Waals surface area contributed by atoms with E-state index in [1.807, 2.05) is 30.3 Å². The van der Waals surface area contributed by atoms with Crippen molar-refractivity contribution in [1.29, 1.82) is 0 Å². The zero-order chi connectivity index (χ0) is 23.9. The lowest BCUT2D eigenvalue weighted by Crippen LogP contribution is -2.45. The Balaban J connectivity index is 1.54. The summed E-state index contributed by atoms with van der Waals surface area (Å²) in [6.45, 7) is 7.46. The minimum Gasteiger partial charge on any atom is -0.353 e. The molecule has 7 heteroatoms. The molecule has 0 spiro atoms. The van der Waals surface area contributed by atoms with E-state index in [0.717, 1.165) is 57.4 Å². The van der Waals surface area contributed by atoms with Crippen LogP contribution in [-0.2, 0) is 11.2 Å². The van der Waals surface area contributed by atoms with Crippen molar-refractivity contribution in [1.82, 2.24) is 19.8 Å². The van der Waals surface area contributed by atoms with Crippen molar-refractivity contribution in [2.45, 2.75) is 57.1 Å². The fourth-order valence-electron chi connectivity index (χ4n) is 4.42. The van der Waals surface area contributed by atoms with E-state index in [9.17, 15) is 9.59 Å². The third-order valence-corrected chi connectivity index (χ3v) is 7.43. The number of rotatable bonds is 9. The number of hydrogen-bond donors (Lipinski definition) is 1. The number of likely N-dealkylation sites (tertiary alicyclic amines) is 1. The highest BCUT2D eigenvalue weighted by Crippen LogP contribution is 2.22. The van der Waals surface area contributed by atoms with Crippen molar-refractivity contribution in [3.05, 3.63) is 64.4 Å². The van der Waals surface area contributed by atoms with Crippen LogP contribution < -0.4 is 10.9 Å². The molecule has 0 radical (unpaired) electrons. The van der Waals surface area contributed by atoms with Gasteiger partial charge in [0.25, 0.3) is 5.56 Å². The maximum Gasteiger partial charge on any atom is 0.266 e. The van der Waals surface area contributed by atoms with Gasteiger partial charge in [0, 0.05) is 19.1 Å². The monoisotopic (exact) mass is 478 g/mol. The standard InChI is InChI=1S/C27H34N4O2S/c1-3-5-8-20-11-13-22(14-12-20)31-26(33)23-9-6-7-10-24(23)29-27(31)34-19-25(32)28-21-15-17-30(4-2)18-16-21/h6-7,9-14,21H,3-5,8,15-19H2,1-2H3,(H,28,32). The summed E-state index contributed by atoms with van der Waals surface area (Å²) in [4.78, 5) is 33.3. The number of carbonyl (C=O) groups is 1. The Morgan fingerprint density at radius 2 is 1.82 bits per heavy atom. The van der Waals surface area contributed by atoms with E-state index < -0.39 is 0 Å². The molecule has 1 N–H and O–H groups in total. The van der Waals surface area contributed by atoms with Crippen molar-refractivity contribution < 1.29 is 4.79 Å². The normalized spacial score (nSPS) is 15.0. The lowest BCUT2D eigenvalue weighted by atomic mass is 10.1. The first-order valence-corrected chi connectivity index (χ1v) is 13.3. The van der Waals surface area contributed by atoms with Gasteiger partial charge in [-0.15, -0.1) is 0 Å². The zero-order valence-electron chi connectivity index (χ0n) is 20.1. The maximum atomic E-state index is 13.4. The zero-order valence-corrected chi connectivity index (χ0v) is 20.9. The lowest BCUT2D eigenvalue weighted by molar-refractivity contribution is -0.119.